The van der Waals surface area contributed by atoms with Crippen molar-refractivity contribution < 1.29 is 9.90 Å². The van der Waals surface area contributed by atoms with Crippen LogP contribution in [0.2, 0.25) is 0 Å². The third-order valence-electron chi connectivity index (χ3n) is 3.48. The predicted molar refractivity (Wildman–Crippen MR) is 75.3 cm³/mol. The van der Waals surface area contributed by atoms with Gasteiger partial charge >= 0.3 is 0 Å². The van der Waals surface area contributed by atoms with Crippen LogP contribution in [0.15, 0.2) is 0 Å². The molecule has 0 spiro atoms. The number of carbonyl (C=O) groups is 1. The second kappa shape index (κ2) is 7.01. The molecule has 0 bridgehead atoms. The molecule has 104 valence electrons. The molecule has 0 aromatic carbocycles. The molecular weight excluding hydrogens is 250 g/mol. The molecule has 1 heterocycles. The Morgan fingerprint density at radius 3 is 2.83 bits per heavy atom. The number of nitrogens with two attached hydrogens (primary N) is 1. The van der Waals surface area contributed by atoms with Gasteiger partial charge in [0.1, 0.15) is 0 Å². The number of aliphatic hydroxyl groups is 1. The van der Waals surface area contributed by atoms with Crippen LogP contribution in [0.4, 0.5) is 0 Å². The topological polar surface area (TPSA) is 69.8 Å². The molecule has 0 radical (unpaired) electrons. The van der Waals surface area contributed by atoms with Gasteiger partial charge < -0.3 is 15.7 Å². The summed E-state index contributed by atoms with van der Waals surface area (Å²) in [6, 6.07) is 0. The summed E-state index contributed by atoms with van der Waals surface area (Å²) in [4.78, 5) is 16.0. The number of likely N-dealkylation sites (tertiary alicyclic amines) is 1. The molecule has 1 aliphatic rings. The molecular formula is C12H23N3O2S. The molecule has 3 N–H and O–H groups in total. The van der Waals surface area contributed by atoms with Crippen LogP contribution in [0, 0.1) is 5.92 Å². The Hall–Kier alpha value is -0.720. The van der Waals surface area contributed by atoms with Crippen LogP contribution in [0.3, 0.4) is 0 Å². The van der Waals surface area contributed by atoms with E-state index in [4.69, 9.17) is 18.0 Å². The molecule has 0 aliphatic carbocycles. The van der Waals surface area contributed by atoms with Crippen LogP contribution in [-0.2, 0) is 4.79 Å². The minimum atomic E-state index is -0.325. The SMILES string of the molecule is CC1CCN(CC(=O)N(C)CCC(N)=S)CC1O. The van der Waals surface area contributed by atoms with E-state index < -0.39 is 0 Å². The summed E-state index contributed by atoms with van der Waals surface area (Å²) in [5, 5.41) is 9.78. The van der Waals surface area contributed by atoms with Crippen LogP contribution in [-0.4, -0.2) is 65.1 Å². The highest BCUT2D eigenvalue weighted by Gasteiger charge is 2.26. The van der Waals surface area contributed by atoms with Crippen molar-refractivity contribution in [1.82, 2.24) is 9.80 Å². The molecule has 1 aliphatic heterocycles. The Morgan fingerprint density at radius 1 is 1.61 bits per heavy atom. The van der Waals surface area contributed by atoms with Crippen LogP contribution >= 0.6 is 12.2 Å². The van der Waals surface area contributed by atoms with E-state index in [2.05, 4.69) is 0 Å². The first-order chi connectivity index (χ1) is 8.40. The highest BCUT2D eigenvalue weighted by molar-refractivity contribution is 7.80. The number of hydrogen-bond donors (Lipinski definition) is 2. The number of hydrogen-bond acceptors (Lipinski definition) is 4. The summed E-state index contributed by atoms with van der Waals surface area (Å²) in [6.07, 6.45) is 1.16. The highest BCUT2D eigenvalue weighted by Crippen LogP contribution is 2.16. The largest absolute Gasteiger partial charge is 0.393 e. The second-order valence-corrected chi connectivity index (χ2v) is 5.62. The first kappa shape index (κ1) is 15.3. The van der Waals surface area contributed by atoms with Gasteiger partial charge in [0.05, 0.1) is 17.6 Å². The number of piperidine rings is 1. The van der Waals surface area contributed by atoms with Gasteiger partial charge in [-0.3, -0.25) is 9.69 Å². The molecule has 1 saturated heterocycles. The third kappa shape index (κ3) is 4.88. The lowest BCUT2D eigenvalue weighted by molar-refractivity contribution is -0.132. The van der Waals surface area contributed by atoms with Gasteiger partial charge in [-0.1, -0.05) is 19.1 Å². The lowest BCUT2D eigenvalue weighted by Gasteiger charge is -2.34. The number of carbonyl (C=O) groups excluding carboxylic acids is 1. The van der Waals surface area contributed by atoms with Crippen LogP contribution < -0.4 is 5.73 Å². The number of likely N-dealkylation sites (N-methyl/N-ethyl adjacent to an activating group) is 1. The van der Waals surface area contributed by atoms with E-state index >= 15 is 0 Å². The van der Waals surface area contributed by atoms with Crippen molar-refractivity contribution in [2.45, 2.75) is 25.9 Å². The minimum Gasteiger partial charge on any atom is -0.393 e. The highest BCUT2D eigenvalue weighted by atomic mass is 32.1. The third-order valence-corrected chi connectivity index (χ3v) is 3.69. The van der Waals surface area contributed by atoms with Crippen molar-refractivity contribution in [1.29, 1.82) is 0 Å². The fraction of sp³-hybridized carbons (Fsp3) is 0.833. The number of aliphatic hydroxyl groups excluding tert-OH is 1. The molecule has 0 aromatic rings. The van der Waals surface area contributed by atoms with Crippen molar-refractivity contribution in [2.24, 2.45) is 11.7 Å². The molecule has 2 unspecified atom stereocenters. The summed E-state index contributed by atoms with van der Waals surface area (Å²) >= 11 is 4.79. The molecule has 1 rings (SSSR count). The molecule has 0 saturated carbocycles. The molecule has 6 heteroatoms. The zero-order chi connectivity index (χ0) is 13.7. The maximum atomic E-state index is 11.9. The van der Waals surface area contributed by atoms with E-state index in [1.807, 2.05) is 11.8 Å². The fourth-order valence-corrected chi connectivity index (χ4v) is 2.06. The van der Waals surface area contributed by atoms with Gasteiger partial charge in [-0.25, -0.2) is 0 Å². The van der Waals surface area contributed by atoms with E-state index in [1.165, 1.54) is 0 Å². The van der Waals surface area contributed by atoms with Crippen LogP contribution in [0.1, 0.15) is 19.8 Å². The molecule has 2 atom stereocenters. The van der Waals surface area contributed by atoms with Crippen LogP contribution in [0.5, 0.6) is 0 Å². The Morgan fingerprint density at radius 2 is 2.28 bits per heavy atom. The van der Waals surface area contributed by atoms with E-state index in [0.717, 1.165) is 13.0 Å². The predicted octanol–water partition coefficient (Wildman–Crippen LogP) is -0.176. The maximum absolute atomic E-state index is 11.9. The number of amides is 1. The van der Waals surface area contributed by atoms with E-state index in [1.54, 1.807) is 11.9 Å². The summed E-state index contributed by atoms with van der Waals surface area (Å²) < 4.78 is 0. The van der Waals surface area contributed by atoms with Crippen molar-refractivity contribution in [2.75, 3.05) is 33.2 Å². The molecule has 1 amide bonds. The zero-order valence-corrected chi connectivity index (χ0v) is 11.9. The molecule has 5 nitrogen and oxygen atoms in total. The van der Waals surface area contributed by atoms with Gasteiger partial charge in [-0.2, -0.15) is 0 Å². The molecule has 18 heavy (non-hydrogen) atoms. The van der Waals surface area contributed by atoms with Crippen LogP contribution in [0.25, 0.3) is 0 Å². The van der Waals surface area contributed by atoms with Gasteiger partial charge in [0.15, 0.2) is 0 Å². The van der Waals surface area contributed by atoms with Crippen molar-refractivity contribution in [3.8, 4) is 0 Å². The number of nitrogens with zero attached hydrogens (tertiary/aromatic N) is 2. The minimum absolute atomic E-state index is 0.0491. The fourth-order valence-electron chi connectivity index (χ4n) is 1.97. The maximum Gasteiger partial charge on any atom is 0.236 e. The normalized spacial score (nSPS) is 24.8. The Bertz CT molecular complexity index is 312. The average molecular weight is 273 g/mol. The quantitative estimate of drug-likeness (QED) is 0.680. The first-order valence-electron chi connectivity index (χ1n) is 6.33. The van der Waals surface area contributed by atoms with Crippen molar-refractivity contribution in [3.05, 3.63) is 0 Å². The molecule has 0 aromatic heterocycles. The van der Waals surface area contributed by atoms with Gasteiger partial charge in [0, 0.05) is 26.6 Å². The summed E-state index contributed by atoms with van der Waals surface area (Å²) in [6.45, 7) is 4.40. The lowest BCUT2D eigenvalue weighted by Crippen LogP contribution is -2.47. The van der Waals surface area contributed by atoms with Crippen molar-refractivity contribution >= 4 is 23.1 Å². The number of β-amino-alcohol motifs (C(OH)–C–C–N with tert-alkyl or cyclic N) is 1. The van der Waals surface area contributed by atoms with E-state index in [-0.39, 0.29) is 12.0 Å². The van der Waals surface area contributed by atoms with Gasteiger partial charge in [-0.15, -0.1) is 0 Å². The summed E-state index contributed by atoms with van der Waals surface area (Å²) in [5.41, 5.74) is 5.41. The zero-order valence-electron chi connectivity index (χ0n) is 11.1. The van der Waals surface area contributed by atoms with Gasteiger partial charge in [0.25, 0.3) is 0 Å². The summed E-state index contributed by atoms with van der Waals surface area (Å²) in [7, 11) is 1.75. The van der Waals surface area contributed by atoms with Gasteiger partial charge in [0.2, 0.25) is 5.91 Å². The smallest absolute Gasteiger partial charge is 0.236 e. The first-order valence-corrected chi connectivity index (χ1v) is 6.73. The van der Waals surface area contributed by atoms with E-state index in [9.17, 15) is 9.90 Å². The molecule has 1 fully saturated rings. The Kier molecular flexibility index (Phi) is 5.98. The number of rotatable bonds is 5. The van der Waals surface area contributed by atoms with Gasteiger partial charge in [-0.05, 0) is 18.9 Å². The standard InChI is InChI=1S/C12H23N3O2S/c1-9-3-6-15(7-10(9)16)8-12(17)14(2)5-4-11(13)18/h9-10,16H,3-8H2,1-2H3,(H2,13,18). The second-order valence-electron chi connectivity index (χ2n) is 5.10. The summed E-state index contributed by atoms with van der Waals surface area (Å²) in [5.74, 6) is 0.372. The van der Waals surface area contributed by atoms with E-state index in [0.29, 0.717) is 37.0 Å². The lowest BCUT2D eigenvalue weighted by atomic mass is 9.96. The Labute approximate surface area is 114 Å². The Balaban J connectivity index is 2.33. The number of thiocarbonyl (C=S) groups is 1. The average Bonchev–Trinajstić information content (AvgIpc) is 2.30. The monoisotopic (exact) mass is 273 g/mol. The van der Waals surface area contributed by atoms with Crippen molar-refractivity contribution in [3.63, 3.8) is 0 Å².